The van der Waals surface area contributed by atoms with Gasteiger partial charge in [-0.05, 0) is 42.5 Å². The number of nitrogens with two attached hydrogens (primary N) is 1. The van der Waals surface area contributed by atoms with Gasteiger partial charge in [-0.15, -0.1) is 0 Å². The van der Waals surface area contributed by atoms with E-state index in [9.17, 15) is 0 Å². The fourth-order valence-corrected chi connectivity index (χ4v) is 2.76. The Morgan fingerprint density at radius 2 is 1.87 bits per heavy atom. The summed E-state index contributed by atoms with van der Waals surface area (Å²) in [5, 5.41) is 1.45. The number of rotatable bonds is 2. The topological polar surface area (TPSA) is 26.0 Å². The molecule has 2 N–H and O–H groups in total. The standard InChI is InChI=1S/C12H15Cl2N/c13-9-5-6-11(14)10(7-9)12(15)8-3-1-2-4-8/h5-8,12H,1-4,15H2/t12-/m1/s1. The highest BCUT2D eigenvalue weighted by Crippen LogP contribution is 2.37. The van der Waals surface area contributed by atoms with Gasteiger partial charge in [-0.2, -0.15) is 0 Å². The molecule has 82 valence electrons. The highest BCUT2D eigenvalue weighted by molar-refractivity contribution is 6.33. The molecular formula is C12H15Cl2N. The molecule has 1 nitrogen and oxygen atoms in total. The molecule has 0 saturated heterocycles. The molecule has 0 amide bonds. The molecule has 1 aliphatic carbocycles. The molecule has 1 aliphatic rings. The van der Waals surface area contributed by atoms with E-state index >= 15 is 0 Å². The molecule has 1 aromatic carbocycles. The highest BCUT2D eigenvalue weighted by Gasteiger charge is 2.24. The zero-order chi connectivity index (χ0) is 10.8. The second kappa shape index (κ2) is 4.73. The first-order valence-corrected chi connectivity index (χ1v) is 6.14. The van der Waals surface area contributed by atoms with Crippen LogP contribution < -0.4 is 5.73 Å². The zero-order valence-electron chi connectivity index (χ0n) is 8.55. The Morgan fingerprint density at radius 1 is 1.20 bits per heavy atom. The van der Waals surface area contributed by atoms with Crippen molar-refractivity contribution >= 4 is 23.2 Å². The number of hydrogen-bond donors (Lipinski definition) is 1. The van der Waals surface area contributed by atoms with Crippen LogP contribution in [0, 0.1) is 5.92 Å². The lowest BCUT2D eigenvalue weighted by Gasteiger charge is -2.20. The molecule has 2 rings (SSSR count). The Bertz CT molecular complexity index is 345. The minimum atomic E-state index is 0.0405. The van der Waals surface area contributed by atoms with Crippen LogP contribution in [-0.4, -0.2) is 0 Å². The number of hydrogen-bond acceptors (Lipinski definition) is 1. The normalized spacial score (nSPS) is 19.4. The van der Waals surface area contributed by atoms with E-state index in [2.05, 4.69) is 0 Å². The van der Waals surface area contributed by atoms with Crippen LogP contribution in [-0.2, 0) is 0 Å². The van der Waals surface area contributed by atoms with Crippen molar-refractivity contribution in [3.63, 3.8) is 0 Å². The lowest BCUT2D eigenvalue weighted by atomic mass is 9.92. The van der Waals surface area contributed by atoms with Gasteiger partial charge in [0.05, 0.1) is 0 Å². The summed E-state index contributed by atoms with van der Waals surface area (Å²) in [4.78, 5) is 0. The maximum atomic E-state index is 6.23. The second-order valence-electron chi connectivity index (χ2n) is 4.24. The smallest absolute Gasteiger partial charge is 0.0454 e. The number of benzene rings is 1. The molecule has 1 fully saturated rings. The van der Waals surface area contributed by atoms with Crippen molar-refractivity contribution in [3.05, 3.63) is 33.8 Å². The van der Waals surface area contributed by atoms with Gasteiger partial charge in [0.1, 0.15) is 0 Å². The SMILES string of the molecule is N[C@@H](c1cc(Cl)ccc1Cl)C1CCCC1. The summed E-state index contributed by atoms with van der Waals surface area (Å²) < 4.78 is 0. The Hall–Kier alpha value is -0.240. The first-order chi connectivity index (χ1) is 7.18. The lowest BCUT2D eigenvalue weighted by molar-refractivity contribution is 0.445. The van der Waals surface area contributed by atoms with Gasteiger partial charge in [-0.1, -0.05) is 36.0 Å². The fourth-order valence-electron chi connectivity index (χ4n) is 2.34. The summed E-state index contributed by atoms with van der Waals surface area (Å²) in [7, 11) is 0. The molecule has 1 aromatic rings. The average molecular weight is 244 g/mol. The van der Waals surface area contributed by atoms with Gasteiger partial charge < -0.3 is 5.73 Å². The van der Waals surface area contributed by atoms with E-state index in [-0.39, 0.29) is 6.04 Å². The minimum Gasteiger partial charge on any atom is -0.324 e. The maximum Gasteiger partial charge on any atom is 0.0454 e. The summed E-state index contributed by atoms with van der Waals surface area (Å²) in [6.07, 6.45) is 5.00. The van der Waals surface area contributed by atoms with Gasteiger partial charge >= 0.3 is 0 Å². The summed E-state index contributed by atoms with van der Waals surface area (Å²) in [6, 6.07) is 5.56. The van der Waals surface area contributed by atoms with E-state index < -0.39 is 0 Å². The summed E-state index contributed by atoms with van der Waals surface area (Å²) in [6.45, 7) is 0. The van der Waals surface area contributed by atoms with Gasteiger partial charge in [0.2, 0.25) is 0 Å². The Labute approximate surface area is 101 Å². The van der Waals surface area contributed by atoms with E-state index in [0.717, 1.165) is 10.6 Å². The van der Waals surface area contributed by atoms with E-state index in [1.165, 1.54) is 25.7 Å². The zero-order valence-corrected chi connectivity index (χ0v) is 10.1. The van der Waals surface area contributed by atoms with Crippen LogP contribution in [0.1, 0.15) is 37.3 Å². The Morgan fingerprint density at radius 3 is 2.53 bits per heavy atom. The highest BCUT2D eigenvalue weighted by atomic mass is 35.5. The molecule has 0 radical (unpaired) electrons. The summed E-state index contributed by atoms with van der Waals surface area (Å²) in [5.41, 5.74) is 7.22. The van der Waals surface area contributed by atoms with Gasteiger partial charge in [0.15, 0.2) is 0 Å². The average Bonchev–Trinajstić information content (AvgIpc) is 2.74. The fraction of sp³-hybridized carbons (Fsp3) is 0.500. The van der Waals surface area contributed by atoms with Crippen molar-refractivity contribution < 1.29 is 0 Å². The van der Waals surface area contributed by atoms with Gasteiger partial charge in [-0.3, -0.25) is 0 Å². The largest absolute Gasteiger partial charge is 0.324 e. The number of halogens is 2. The van der Waals surface area contributed by atoms with Crippen molar-refractivity contribution in [2.75, 3.05) is 0 Å². The van der Waals surface area contributed by atoms with Crippen LogP contribution in [0.4, 0.5) is 0 Å². The third-order valence-corrected chi connectivity index (χ3v) is 3.80. The predicted octanol–water partition coefficient (Wildman–Crippen LogP) is 4.18. The first-order valence-electron chi connectivity index (χ1n) is 5.39. The van der Waals surface area contributed by atoms with E-state index in [4.69, 9.17) is 28.9 Å². The van der Waals surface area contributed by atoms with E-state index in [1.807, 2.05) is 12.1 Å². The monoisotopic (exact) mass is 243 g/mol. The molecule has 3 heteroatoms. The van der Waals surface area contributed by atoms with Crippen molar-refractivity contribution in [3.8, 4) is 0 Å². The van der Waals surface area contributed by atoms with Crippen LogP contribution >= 0.6 is 23.2 Å². The molecule has 0 aromatic heterocycles. The quantitative estimate of drug-likeness (QED) is 0.829. The minimum absolute atomic E-state index is 0.0405. The molecule has 0 heterocycles. The van der Waals surface area contributed by atoms with E-state index in [1.54, 1.807) is 6.07 Å². The van der Waals surface area contributed by atoms with Gasteiger partial charge in [-0.25, -0.2) is 0 Å². The molecule has 1 atom stereocenters. The van der Waals surface area contributed by atoms with Crippen LogP contribution in [0.25, 0.3) is 0 Å². The summed E-state index contributed by atoms with van der Waals surface area (Å²) >= 11 is 12.1. The molecule has 0 spiro atoms. The molecule has 0 bridgehead atoms. The Kier molecular flexibility index (Phi) is 3.55. The van der Waals surface area contributed by atoms with Gasteiger partial charge in [0, 0.05) is 16.1 Å². The molecule has 0 unspecified atom stereocenters. The third kappa shape index (κ3) is 2.47. The molecule has 0 aliphatic heterocycles. The van der Waals surface area contributed by atoms with Crippen LogP contribution in [0.3, 0.4) is 0 Å². The maximum absolute atomic E-state index is 6.23. The van der Waals surface area contributed by atoms with Crippen molar-refractivity contribution in [1.29, 1.82) is 0 Å². The molecule has 15 heavy (non-hydrogen) atoms. The Balaban J connectivity index is 2.23. The van der Waals surface area contributed by atoms with Crippen molar-refractivity contribution in [2.45, 2.75) is 31.7 Å². The second-order valence-corrected chi connectivity index (χ2v) is 5.08. The van der Waals surface area contributed by atoms with Gasteiger partial charge in [0.25, 0.3) is 0 Å². The lowest BCUT2D eigenvalue weighted by Crippen LogP contribution is -2.19. The van der Waals surface area contributed by atoms with Crippen LogP contribution in [0.5, 0.6) is 0 Å². The summed E-state index contributed by atoms with van der Waals surface area (Å²) in [5.74, 6) is 0.570. The van der Waals surface area contributed by atoms with Crippen molar-refractivity contribution in [1.82, 2.24) is 0 Å². The molecule has 1 saturated carbocycles. The van der Waals surface area contributed by atoms with E-state index in [0.29, 0.717) is 10.9 Å². The van der Waals surface area contributed by atoms with Crippen molar-refractivity contribution in [2.24, 2.45) is 11.7 Å². The van der Waals surface area contributed by atoms with Crippen LogP contribution in [0.2, 0.25) is 10.0 Å². The molecular weight excluding hydrogens is 229 g/mol. The predicted molar refractivity (Wildman–Crippen MR) is 65.3 cm³/mol. The van der Waals surface area contributed by atoms with Crippen LogP contribution in [0.15, 0.2) is 18.2 Å². The first kappa shape index (κ1) is 11.3. The third-order valence-electron chi connectivity index (χ3n) is 3.22.